The maximum absolute atomic E-state index is 12.4. The summed E-state index contributed by atoms with van der Waals surface area (Å²) in [6.07, 6.45) is 8.05. The molecule has 1 fully saturated rings. The fraction of sp³-hybridized carbons (Fsp3) is 0.667. The molecule has 0 atom stereocenters. The summed E-state index contributed by atoms with van der Waals surface area (Å²) < 4.78 is 0. The van der Waals surface area contributed by atoms with E-state index in [1.807, 2.05) is 4.90 Å². The van der Waals surface area contributed by atoms with Crippen LogP contribution >= 0.6 is 0 Å². The van der Waals surface area contributed by atoms with Crippen molar-refractivity contribution in [2.24, 2.45) is 0 Å². The molecule has 3 rings (SSSR count). The third-order valence-corrected chi connectivity index (χ3v) is 5.68. The van der Waals surface area contributed by atoms with E-state index >= 15 is 0 Å². The van der Waals surface area contributed by atoms with Crippen molar-refractivity contribution in [3.63, 3.8) is 0 Å². The zero-order valence-corrected chi connectivity index (χ0v) is 15.8. The van der Waals surface area contributed by atoms with Crippen LogP contribution in [0.1, 0.15) is 68.8 Å². The Balaban J connectivity index is 1.43. The normalized spacial score (nSPS) is 19.1. The molecular weight excluding hydrogens is 328 g/mol. The monoisotopic (exact) mass is 358 g/mol. The fourth-order valence-electron chi connectivity index (χ4n) is 4.16. The number of carbonyl (C=O) groups excluding carboxylic acids is 2. The molecule has 0 aromatic carbocycles. The van der Waals surface area contributed by atoms with E-state index in [0.29, 0.717) is 32.4 Å². The van der Waals surface area contributed by atoms with Gasteiger partial charge in [0.05, 0.1) is 5.60 Å². The molecule has 0 unspecified atom stereocenters. The summed E-state index contributed by atoms with van der Waals surface area (Å²) in [6, 6.07) is 4.32. The highest BCUT2D eigenvalue weighted by Gasteiger charge is 2.34. The van der Waals surface area contributed by atoms with Crippen LogP contribution in [-0.2, 0) is 28.9 Å². The van der Waals surface area contributed by atoms with Gasteiger partial charge in [0.15, 0.2) is 0 Å². The molecule has 1 aliphatic carbocycles. The minimum atomic E-state index is -0.921. The second kappa shape index (κ2) is 8.30. The number of hydrogen-bond donors (Lipinski definition) is 1. The molecule has 5 nitrogen and oxygen atoms in total. The molecule has 2 heterocycles. The van der Waals surface area contributed by atoms with Crippen molar-refractivity contribution in [3.8, 4) is 0 Å². The molecule has 5 heteroatoms. The summed E-state index contributed by atoms with van der Waals surface area (Å²) in [5.41, 5.74) is 2.81. The van der Waals surface area contributed by atoms with Crippen molar-refractivity contribution in [2.45, 2.75) is 76.7 Å². The van der Waals surface area contributed by atoms with E-state index in [0.717, 1.165) is 31.4 Å². The maximum Gasteiger partial charge on any atom is 0.222 e. The van der Waals surface area contributed by atoms with Gasteiger partial charge in [-0.3, -0.25) is 14.6 Å². The minimum Gasteiger partial charge on any atom is -0.389 e. The Hall–Kier alpha value is -1.75. The van der Waals surface area contributed by atoms with Gasteiger partial charge in [0.1, 0.15) is 5.78 Å². The van der Waals surface area contributed by atoms with Crippen molar-refractivity contribution in [1.29, 1.82) is 0 Å². The number of Topliss-reactive ketones (excluding diaryl/α,β-unsaturated/α-hetero) is 1. The highest BCUT2D eigenvalue weighted by Crippen LogP contribution is 2.26. The first-order valence-corrected chi connectivity index (χ1v) is 9.92. The first-order valence-electron chi connectivity index (χ1n) is 9.92. The summed E-state index contributed by atoms with van der Waals surface area (Å²) in [5.74, 6) is 0.151. The molecule has 0 saturated carbocycles. The number of fused-ring (bicyclic) bond motifs is 1. The van der Waals surface area contributed by atoms with E-state index in [4.69, 9.17) is 4.98 Å². The quantitative estimate of drug-likeness (QED) is 0.849. The Morgan fingerprint density at radius 1 is 1.19 bits per heavy atom. The lowest BCUT2D eigenvalue weighted by Gasteiger charge is -2.37. The van der Waals surface area contributed by atoms with Gasteiger partial charge in [-0.15, -0.1) is 0 Å². The van der Waals surface area contributed by atoms with Crippen LogP contribution < -0.4 is 0 Å². The maximum atomic E-state index is 12.4. The molecular formula is C21H30N2O3. The van der Waals surface area contributed by atoms with Crippen molar-refractivity contribution in [2.75, 3.05) is 13.1 Å². The number of carbonyl (C=O) groups is 2. The van der Waals surface area contributed by atoms with E-state index in [1.165, 1.54) is 31.0 Å². The number of nitrogens with zero attached hydrogens (tertiary/aromatic N) is 2. The molecule has 142 valence electrons. The number of hydrogen-bond acceptors (Lipinski definition) is 4. The molecule has 1 aromatic heterocycles. The molecule has 26 heavy (non-hydrogen) atoms. The van der Waals surface area contributed by atoms with Gasteiger partial charge in [-0.05, 0) is 69.9 Å². The number of aliphatic hydroxyl groups is 1. The third-order valence-electron chi connectivity index (χ3n) is 5.68. The first-order chi connectivity index (χ1) is 12.5. The van der Waals surface area contributed by atoms with Crippen LogP contribution in [-0.4, -0.2) is 45.4 Å². The second-order valence-electron chi connectivity index (χ2n) is 7.95. The zero-order chi connectivity index (χ0) is 18.6. The number of aryl methyl sites for hydroxylation is 3. The Morgan fingerprint density at radius 2 is 1.92 bits per heavy atom. The predicted molar refractivity (Wildman–Crippen MR) is 99.9 cm³/mol. The van der Waals surface area contributed by atoms with Crippen molar-refractivity contribution < 1.29 is 14.7 Å². The molecule has 1 amide bonds. The van der Waals surface area contributed by atoms with E-state index in [-0.39, 0.29) is 18.1 Å². The molecule has 1 aliphatic heterocycles. The van der Waals surface area contributed by atoms with Gasteiger partial charge < -0.3 is 10.0 Å². The van der Waals surface area contributed by atoms with E-state index < -0.39 is 5.60 Å². The third kappa shape index (κ3) is 4.91. The number of amides is 1. The number of aromatic nitrogens is 1. The van der Waals surface area contributed by atoms with Crippen molar-refractivity contribution in [3.05, 3.63) is 29.1 Å². The smallest absolute Gasteiger partial charge is 0.222 e. The largest absolute Gasteiger partial charge is 0.389 e. The first kappa shape index (κ1) is 19.0. The highest BCUT2D eigenvalue weighted by atomic mass is 16.3. The Morgan fingerprint density at radius 3 is 2.65 bits per heavy atom. The Bertz CT molecular complexity index is 663. The van der Waals surface area contributed by atoms with Gasteiger partial charge in [0.2, 0.25) is 5.91 Å². The molecule has 2 aliphatic rings. The van der Waals surface area contributed by atoms with Crippen LogP contribution in [0, 0.1) is 0 Å². The molecule has 0 bridgehead atoms. The number of ketones is 1. The van der Waals surface area contributed by atoms with Crippen molar-refractivity contribution in [1.82, 2.24) is 9.88 Å². The van der Waals surface area contributed by atoms with Crippen LogP contribution in [0.4, 0.5) is 0 Å². The summed E-state index contributed by atoms with van der Waals surface area (Å²) in [5, 5.41) is 10.4. The second-order valence-corrected chi connectivity index (χ2v) is 7.95. The van der Waals surface area contributed by atoms with Crippen LogP contribution in [0.3, 0.4) is 0 Å². The lowest BCUT2D eigenvalue weighted by molar-refractivity contribution is -0.136. The Kier molecular flexibility index (Phi) is 6.07. The van der Waals surface area contributed by atoms with E-state index in [9.17, 15) is 14.7 Å². The fourth-order valence-corrected chi connectivity index (χ4v) is 4.16. The van der Waals surface area contributed by atoms with Crippen molar-refractivity contribution >= 4 is 11.7 Å². The molecule has 1 saturated heterocycles. The van der Waals surface area contributed by atoms with E-state index in [2.05, 4.69) is 12.1 Å². The van der Waals surface area contributed by atoms with Crippen LogP contribution in [0.25, 0.3) is 0 Å². The lowest BCUT2D eigenvalue weighted by atomic mass is 9.87. The number of pyridine rings is 1. The molecule has 0 spiro atoms. The minimum absolute atomic E-state index is 0.00447. The lowest BCUT2D eigenvalue weighted by Crippen LogP contribution is -2.47. The summed E-state index contributed by atoms with van der Waals surface area (Å²) >= 11 is 0. The van der Waals surface area contributed by atoms with Gasteiger partial charge in [-0.1, -0.05) is 6.07 Å². The average Bonchev–Trinajstić information content (AvgIpc) is 2.61. The van der Waals surface area contributed by atoms with Gasteiger partial charge in [-0.2, -0.15) is 0 Å². The molecule has 1 aromatic rings. The predicted octanol–water partition coefficient (Wildman–Crippen LogP) is 2.62. The summed E-state index contributed by atoms with van der Waals surface area (Å²) in [6.45, 7) is 2.59. The van der Waals surface area contributed by atoms with Crippen LogP contribution in [0.5, 0.6) is 0 Å². The number of piperidine rings is 1. The average molecular weight is 358 g/mol. The number of likely N-dealkylation sites (tertiary alicyclic amines) is 1. The van der Waals surface area contributed by atoms with Gasteiger partial charge in [-0.25, -0.2) is 0 Å². The topological polar surface area (TPSA) is 70.5 Å². The number of rotatable bonds is 6. The van der Waals surface area contributed by atoms with Crippen LogP contribution in [0.15, 0.2) is 12.1 Å². The summed E-state index contributed by atoms with van der Waals surface area (Å²) in [7, 11) is 0. The van der Waals surface area contributed by atoms with Gasteiger partial charge in [0.25, 0.3) is 0 Å². The zero-order valence-electron chi connectivity index (χ0n) is 15.8. The van der Waals surface area contributed by atoms with Crippen LogP contribution in [0.2, 0.25) is 0 Å². The van der Waals surface area contributed by atoms with Gasteiger partial charge in [0, 0.05) is 37.3 Å². The van der Waals surface area contributed by atoms with Gasteiger partial charge >= 0.3 is 0 Å². The molecule has 1 N–H and O–H groups in total. The van der Waals surface area contributed by atoms with E-state index in [1.54, 1.807) is 0 Å². The molecule has 0 radical (unpaired) electrons. The SMILES string of the molecule is CC(=O)CC1(O)CCN(C(=O)CCCc2ccc3c(n2)CCCC3)CC1. The highest BCUT2D eigenvalue weighted by molar-refractivity contribution is 5.77. The summed E-state index contributed by atoms with van der Waals surface area (Å²) in [4.78, 5) is 30.3. The Labute approximate surface area is 155 Å². The standard InChI is InChI=1S/C21H30N2O3/c1-16(24)15-21(26)11-13-23(14-12-21)20(25)8-4-6-18-10-9-17-5-2-3-7-19(17)22-18/h9-10,26H,2-8,11-15H2,1H3.